The van der Waals surface area contributed by atoms with E-state index in [1.807, 2.05) is 32.0 Å². The van der Waals surface area contributed by atoms with Crippen LogP contribution in [0.15, 0.2) is 33.9 Å². The van der Waals surface area contributed by atoms with Crippen molar-refractivity contribution in [2.45, 2.75) is 18.1 Å². The summed E-state index contributed by atoms with van der Waals surface area (Å²) in [5, 5.41) is 1.61. The first kappa shape index (κ1) is 12.9. The molecule has 4 nitrogen and oxygen atoms in total. The minimum absolute atomic E-state index is 0.225. The van der Waals surface area contributed by atoms with E-state index in [9.17, 15) is 8.42 Å². The van der Waals surface area contributed by atoms with Crippen LogP contribution in [0.4, 0.5) is 11.4 Å². The van der Waals surface area contributed by atoms with Gasteiger partial charge in [-0.3, -0.25) is 4.72 Å². The van der Waals surface area contributed by atoms with Crippen molar-refractivity contribution in [3.8, 4) is 0 Å². The smallest absolute Gasteiger partial charge is 0.271 e. The van der Waals surface area contributed by atoms with Crippen molar-refractivity contribution >= 4 is 32.7 Å². The molecule has 1 aromatic carbocycles. The molecule has 6 heteroatoms. The van der Waals surface area contributed by atoms with E-state index in [1.165, 1.54) is 6.07 Å². The van der Waals surface area contributed by atoms with Gasteiger partial charge in [-0.25, -0.2) is 8.42 Å². The standard InChI is InChI=1S/C12H14N2O2S2/c1-8-4-3-5-9(2)12(8)14-18(15,16)11-6-10(13)7-17-11/h3-7,14H,13H2,1-2H3. The molecule has 1 heterocycles. The molecule has 0 bridgehead atoms. The van der Waals surface area contributed by atoms with Gasteiger partial charge in [-0.05, 0) is 31.0 Å². The van der Waals surface area contributed by atoms with E-state index in [4.69, 9.17) is 5.73 Å². The van der Waals surface area contributed by atoms with Crippen LogP contribution in [0.25, 0.3) is 0 Å². The highest BCUT2D eigenvalue weighted by atomic mass is 32.2. The molecule has 0 saturated carbocycles. The Bertz CT molecular complexity index is 655. The Morgan fingerprint density at radius 1 is 1.22 bits per heavy atom. The van der Waals surface area contributed by atoms with Gasteiger partial charge in [-0.1, -0.05) is 18.2 Å². The number of aryl methyl sites for hydroxylation is 2. The fourth-order valence-corrected chi connectivity index (χ4v) is 3.91. The molecule has 0 aliphatic heterocycles. The van der Waals surface area contributed by atoms with Gasteiger partial charge in [0.15, 0.2) is 0 Å². The summed E-state index contributed by atoms with van der Waals surface area (Å²) < 4.78 is 27.2. The number of anilines is 2. The minimum atomic E-state index is -3.55. The predicted octanol–water partition coefficient (Wildman–Crippen LogP) is 2.75. The van der Waals surface area contributed by atoms with E-state index in [0.717, 1.165) is 22.5 Å². The molecular formula is C12H14N2O2S2. The van der Waals surface area contributed by atoms with Crippen LogP contribution in [-0.4, -0.2) is 8.42 Å². The van der Waals surface area contributed by atoms with Crippen LogP contribution in [0.2, 0.25) is 0 Å². The molecule has 0 saturated heterocycles. The molecular weight excluding hydrogens is 268 g/mol. The van der Waals surface area contributed by atoms with Gasteiger partial charge in [0.05, 0.1) is 5.69 Å². The van der Waals surface area contributed by atoms with Crippen LogP contribution in [0.1, 0.15) is 11.1 Å². The normalized spacial score (nSPS) is 11.4. The lowest BCUT2D eigenvalue weighted by atomic mass is 10.1. The number of sulfonamides is 1. The van der Waals surface area contributed by atoms with Crippen molar-refractivity contribution in [1.29, 1.82) is 0 Å². The number of nitrogens with two attached hydrogens (primary N) is 1. The van der Waals surface area contributed by atoms with Gasteiger partial charge < -0.3 is 5.73 Å². The van der Waals surface area contributed by atoms with E-state index in [0.29, 0.717) is 11.4 Å². The second-order valence-electron chi connectivity index (χ2n) is 4.07. The molecule has 0 amide bonds. The third-order valence-corrected chi connectivity index (χ3v) is 5.39. The maximum absolute atomic E-state index is 12.2. The monoisotopic (exact) mass is 282 g/mol. The molecule has 0 fully saturated rings. The lowest BCUT2D eigenvalue weighted by Crippen LogP contribution is -2.13. The highest BCUT2D eigenvalue weighted by Gasteiger charge is 2.18. The number of hydrogen-bond donors (Lipinski definition) is 2. The predicted molar refractivity (Wildman–Crippen MR) is 75.5 cm³/mol. The molecule has 2 rings (SSSR count). The van der Waals surface area contributed by atoms with Gasteiger partial charge in [-0.15, -0.1) is 11.3 Å². The number of nitrogens with one attached hydrogen (secondary N) is 1. The van der Waals surface area contributed by atoms with Crippen molar-refractivity contribution in [2.24, 2.45) is 0 Å². The van der Waals surface area contributed by atoms with Crippen LogP contribution in [0.3, 0.4) is 0 Å². The highest BCUT2D eigenvalue weighted by Crippen LogP contribution is 2.27. The number of benzene rings is 1. The number of rotatable bonds is 3. The van der Waals surface area contributed by atoms with Gasteiger partial charge in [0.1, 0.15) is 4.21 Å². The zero-order valence-corrected chi connectivity index (χ0v) is 11.7. The molecule has 1 aromatic heterocycles. The molecule has 2 aromatic rings. The SMILES string of the molecule is Cc1cccc(C)c1NS(=O)(=O)c1cc(N)cs1. The summed E-state index contributed by atoms with van der Waals surface area (Å²) in [7, 11) is -3.55. The molecule has 0 spiro atoms. The molecule has 3 N–H and O–H groups in total. The van der Waals surface area contributed by atoms with Crippen LogP contribution in [-0.2, 0) is 10.0 Å². The highest BCUT2D eigenvalue weighted by molar-refractivity contribution is 7.94. The molecule has 18 heavy (non-hydrogen) atoms. The zero-order chi connectivity index (χ0) is 13.3. The fourth-order valence-electron chi connectivity index (χ4n) is 1.63. The molecule has 0 aliphatic carbocycles. The maximum atomic E-state index is 12.2. The van der Waals surface area contributed by atoms with Crippen LogP contribution in [0, 0.1) is 13.8 Å². The molecule has 0 unspecified atom stereocenters. The third-order valence-electron chi connectivity index (χ3n) is 2.58. The lowest BCUT2D eigenvalue weighted by molar-refractivity contribution is 0.603. The first-order valence-corrected chi connectivity index (χ1v) is 7.69. The van der Waals surface area contributed by atoms with Gasteiger partial charge in [0, 0.05) is 11.1 Å². The summed E-state index contributed by atoms with van der Waals surface area (Å²) >= 11 is 1.11. The number of nitrogen functional groups attached to an aromatic ring is 1. The second kappa shape index (κ2) is 4.62. The van der Waals surface area contributed by atoms with Gasteiger partial charge in [-0.2, -0.15) is 0 Å². The molecule has 96 valence electrons. The van der Waals surface area contributed by atoms with Gasteiger partial charge >= 0.3 is 0 Å². The van der Waals surface area contributed by atoms with E-state index in [-0.39, 0.29) is 4.21 Å². The average Bonchev–Trinajstić information content (AvgIpc) is 2.71. The summed E-state index contributed by atoms with van der Waals surface area (Å²) in [5.74, 6) is 0. The van der Waals surface area contributed by atoms with Crippen LogP contribution >= 0.6 is 11.3 Å². The summed E-state index contributed by atoms with van der Waals surface area (Å²) in [4.78, 5) is 0. The van der Waals surface area contributed by atoms with Crippen molar-refractivity contribution in [2.75, 3.05) is 10.5 Å². The number of hydrogen-bond acceptors (Lipinski definition) is 4. The Morgan fingerprint density at radius 2 is 1.83 bits per heavy atom. The Morgan fingerprint density at radius 3 is 2.33 bits per heavy atom. The summed E-state index contributed by atoms with van der Waals surface area (Å²) in [6.45, 7) is 3.74. The fraction of sp³-hybridized carbons (Fsp3) is 0.167. The Labute approximate surface area is 111 Å². The first-order valence-electron chi connectivity index (χ1n) is 5.33. The third kappa shape index (κ3) is 2.49. The minimum Gasteiger partial charge on any atom is -0.398 e. The van der Waals surface area contributed by atoms with E-state index >= 15 is 0 Å². The summed E-state index contributed by atoms with van der Waals surface area (Å²) in [5.41, 5.74) is 8.42. The van der Waals surface area contributed by atoms with Crippen molar-refractivity contribution in [3.05, 3.63) is 40.8 Å². The van der Waals surface area contributed by atoms with Crippen LogP contribution in [0.5, 0.6) is 0 Å². The topological polar surface area (TPSA) is 72.2 Å². The van der Waals surface area contributed by atoms with Crippen LogP contribution < -0.4 is 10.5 Å². The Hall–Kier alpha value is -1.53. The average molecular weight is 282 g/mol. The van der Waals surface area contributed by atoms with Crippen molar-refractivity contribution in [3.63, 3.8) is 0 Å². The Kier molecular flexibility index (Phi) is 3.32. The van der Waals surface area contributed by atoms with Crippen molar-refractivity contribution < 1.29 is 8.42 Å². The summed E-state index contributed by atoms with van der Waals surface area (Å²) in [6.07, 6.45) is 0. The number of para-hydroxylation sites is 1. The van der Waals surface area contributed by atoms with Gasteiger partial charge in [0.25, 0.3) is 10.0 Å². The second-order valence-corrected chi connectivity index (χ2v) is 6.89. The maximum Gasteiger partial charge on any atom is 0.271 e. The molecule has 0 atom stereocenters. The van der Waals surface area contributed by atoms with Gasteiger partial charge in [0.2, 0.25) is 0 Å². The first-order chi connectivity index (χ1) is 8.40. The number of thiophene rings is 1. The zero-order valence-electron chi connectivity index (χ0n) is 10.1. The molecule has 0 aliphatic rings. The summed E-state index contributed by atoms with van der Waals surface area (Å²) in [6, 6.07) is 7.09. The van der Waals surface area contributed by atoms with E-state index in [1.54, 1.807) is 5.38 Å². The van der Waals surface area contributed by atoms with E-state index < -0.39 is 10.0 Å². The van der Waals surface area contributed by atoms with Crippen molar-refractivity contribution in [1.82, 2.24) is 0 Å². The quantitative estimate of drug-likeness (QED) is 0.909. The van der Waals surface area contributed by atoms with E-state index in [2.05, 4.69) is 4.72 Å². The largest absolute Gasteiger partial charge is 0.398 e. The lowest BCUT2D eigenvalue weighted by Gasteiger charge is -2.11. The molecule has 0 radical (unpaired) electrons. The Balaban J connectivity index is 2.40.